The summed E-state index contributed by atoms with van der Waals surface area (Å²) in [5, 5.41) is 8.36. The van der Waals surface area contributed by atoms with Gasteiger partial charge in [-0.3, -0.25) is 4.99 Å². The predicted molar refractivity (Wildman–Crippen MR) is 38.4 cm³/mol. The van der Waals surface area contributed by atoms with Crippen molar-refractivity contribution in [3.8, 4) is 6.07 Å². The lowest BCUT2D eigenvalue weighted by atomic mass is 10.4. The lowest BCUT2D eigenvalue weighted by molar-refractivity contribution is 1.13. The van der Waals surface area contributed by atoms with Gasteiger partial charge < -0.3 is 0 Å². The molecule has 0 aromatic heterocycles. The summed E-state index contributed by atoms with van der Waals surface area (Å²) in [4.78, 5) is 3.90. The van der Waals surface area contributed by atoms with E-state index < -0.39 is 0 Å². The normalized spacial score (nSPS) is 11.9. The van der Waals surface area contributed by atoms with Gasteiger partial charge >= 0.3 is 0 Å². The summed E-state index contributed by atoms with van der Waals surface area (Å²) in [5.41, 5.74) is 0.500. The molecule has 0 atom stereocenters. The Morgan fingerprint density at radius 3 is 2.78 bits per heavy atom. The van der Waals surface area contributed by atoms with Gasteiger partial charge in [0, 0.05) is 6.54 Å². The van der Waals surface area contributed by atoms with E-state index in [1.54, 1.807) is 12.2 Å². The van der Waals surface area contributed by atoms with Crippen molar-refractivity contribution in [1.82, 2.24) is 0 Å². The van der Waals surface area contributed by atoms with E-state index in [-0.39, 0.29) is 0 Å². The van der Waals surface area contributed by atoms with Gasteiger partial charge in [-0.25, -0.2) is 0 Å². The third-order valence-corrected chi connectivity index (χ3v) is 0.768. The van der Waals surface area contributed by atoms with Crippen LogP contribution in [0.15, 0.2) is 17.1 Å². The molecule has 48 valence electrons. The maximum absolute atomic E-state index is 8.36. The van der Waals surface area contributed by atoms with Gasteiger partial charge in [-0.15, -0.1) is 0 Å². The van der Waals surface area contributed by atoms with Crippen LogP contribution in [0.3, 0.4) is 0 Å². The Morgan fingerprint density at radius 1 is 1.78 bits per heavy atom. The molecule has 2 heteroatoms. The van der Waals surface area contributed by atoms with E-state index in [2.05, 4.69) is 4.99 Å². The fourth-order valence-electron chi connectivity index (χ4n) is 0.454. The van der Waals surface area contributed by atoms with E-state index in [1.807, 2.05) is 19.9 Å². The average molecular weight is 122 g/mol. The van der Waals surface area contributed by atoms with Crippen LogP contribution in [-0.4, -0.2) is 12.3 Å². The van der Waals surface area contributed by atoms with Gasteiger partial charge in [0.1, 0.15) is 11.8 Å². The van der Waals surface area contributed by atoms with E-state index in [1.165, 1.54) is 0 Å². The minimum absolute atomic E-state index is 0.500. The lowest BCUT2D eigenvalue weighted by Gasteiger charge is -1.82. The van der Waals surface area contributed by atoms with Gasteiger partial charge in [0.2, 0.25) is 0 Å². The molecule has 0 fully saturated rings. The number of aliphatic imine (C=N–C) groups is 1. The van der Waals surface area contributed by atoms with Crippen molar-refractivity contribution in [2.45, 2.75) is 13.8 Å². The Balaban J connectivity index is 4.02. The van der Waals surface area contributed by atoms with E-state index in [4.69, 9.17) is 5.26 Å². The summed E-state index contributed by atoms with van der Waals surface area (Å²) in [6.45, 7) is 4.44. The first-order valence-corrected chi connectivity index (χ1v) is 2.92. The molecule has 0 aromatic carbocycles. The van der Waals surface area contributed by atoms with Crippen molar-refractivity contribution >= 4 is 5.71 Å². The maximum Gasteiger partial charge on any atom is 0.134 e. The maximum atomic E-state index is 8.36. The summed E-state index contributed by atoms with van der Waals surface area (Å²) in [5.74, 6) is 0. The van der Waals surface area contributed by atoms with Crippen molar-refractivity contribution in [1.29, 1.82) is 5.26 Å². The highest BCUT2D eigenvalue weighted by Gasteiger charge is 1.83. The molecule has 0 heterocycles. The number of allylic oxidation sites excluding steroid dienone is 2. The zero-order valence-corrected chi connectivity index (χ0v) is 5.76. The van der Waals surface area contributed by atoms with Crippen LogP contribution < -0.4 is 0 Å². The van der Waals surface area contributed by atoms with Crippen molar-refractivity contribution in [2.75, 3.05) is 6.54 Å². The Labute approximate surface area is 55.5 Å². The Morgan fingerprint density at radius 2 is 2.44 bits per heavy atom. The number of rotatable bonds is 2. The summed E-state index contributed by atoms with van der Waals surface area (Å²) in [6.07, 6.45) is 3.50. The third kappa shape index (κ3) is 3.48. The van der Waals surface area contributed by atoms with Crippen molar-refractivity contribution in [3.63, 3.8) is 0 Å². The zero-order valence-electron chi connectivity index (χ0n) is 5.76. The summed E-state index contributed by atoms with van der Waals surface area (Å²) in [6, 6.07) is 1.97. The molecule has 0 aromatic rings. The molecule has 0 N–H and O–H groups in total. The fraction of sp³-hybridized carbons (Fsp3) is 0.429. The number of hydrogen-bond donors (Lipinski definition) is 0. The second kappa shape index (κ2) is 5.04. The first kappa shape index (κ1) is 7.90. The highest BCUT2D eigenvalue weighted by molar-refractivity contribution is 6.07. The number of nitrogens with zero attached hydrogens (tertiary/aromatic N) is 2. The molecular formula is C7H10N2. The summed E-state index contributed by atoms with van der Waals surface area (Å²) < 4.78 is 0. The molecule has 0 rings (SSSR count). The van der Waals surface area contributed by atoms with E-state index >= 15 is 0 Å². The predicted octanol–water partition coefficient (Wildman–Crippen LogP) is 1.55. The van der Waals surface area contributed by atoms with Gasteiger partial charge in [-0.2, -0.15) is 5.26 Å². The van der Waals surface area contributed by atoms with Crippen LogP contribution in [0.1, 0.15) is 13.8 Å². The van der Waals surface area contributed by atoms with Gasteiger partial charge in [-0.1, -0.05) is 6.08 Å². The van der Waals surface area contributed by atoms with Crippen LogP contribution in [-0.2, 0) is 0 Å². The molecule has 0 aliphatic carbocycles. The number of nitriles is 1. The van der Waals surface area contributed by atoms with Gasteiger partial charge in [-0.05, 0) is 19.9 Å². The Kier molecular flexibility index (Phi) is 4.43. The second-order valence-corrected chi connectivity index (χ2v) is 1.47. The largest absolute Gasteiger partial charge is 0.275 e. The SMILES string of the molecule is C/C=C\C(C#N)=NCC. The quantitative estimate of drug-likeness (QED) is 0.512. The fourth-order valence-corrected chi connectivity index (χ4v) is 0.454. The molecule has 0 spiro atoms. The molecule has 0 saturated carbocycles. The molecule has 0 unspecified atom stereocenters. The highest BCUT2D eigenvalue weighted by Crippen LogP contribution is 1.79. The average Bonchev–Trinajstić information content (AvgIpc) is 1.88. The van der Waals surface area contributed by atoms with Crippen molar-refractivity contribution in [2.24, 2.45) is 4.99 Å². The third-order valence-electron chi connectivity index (χ3n) is 0.768. The van der Waals surface area contributed by atoms with Crippen LogP contribution >= 0.6 is 0 Å². The molecule has 0 radical (unpaired) electrons. The molecule has 9 heavy (non-hydrogen) atoms. The molecule has 0 bridgehead atoms. The number of hydrogen-bond acceptors (Lipinski definition) is 2. The zero-order chi connectivity index (χ0) is 7.11. The first-order valence-electron chi connectivity index (χ1n) is 2.92. The first-order chi connectivity index (χ1) is 4.35. The van der Waals surface area contributed by atoms with Crippen LogP contribution in [0.2, 0.25) is 0 Å². The standard InChI is InChI=1S/C7H10N2/c1-3-5-7(6-8)9-4-2/h3,5H,4H2,1-2H3/b5-3-,9-7?. The summed E-state index contributed by atoms with van der Waals surface area (Å²) in [7, 11) is 0. The van der Waals surface area contributed by atoms with Crippen LogP contribution in [0.5, 0.6) is 0 Å². The van der Waals surface area contributed by atoms with Gasteiger partial charge in [0.05, 0.1) is 0 Å². The van der Waals surface area contributed by atoms with Crippen LogP contribution in [0, 0.1) is 11.3 Å². The van der Waals surface area contributed by atoms with E-state index in [0.29, 0.717) is 12.3 Å². The smallest absolute Gasteiger partial charge is 0.134 e. The molecule has 2 nitrogen and oxygen atoms in total. The molecule has 0 amide bonds. The Bertz CT molecular complexity index is 160. The van der Waals surface area contributed by atoms with Crippen molar-refractivity contribution in [3.05, 3.63) is 12.2 Å². The molecule has 0 aliphatic rings. The minimum atomic E-state index is 0.500. The minimum Gasteiger partial charge on any atom is -0.275 e. The highest BCUT2D eigenvalue weighted by atomic mass is 14.7. The topological polar surface area (TPSA) is 36.1 Å². The van der Waals surface area contributed by atoms with Gasteiger partial charge in [0.25, 0.3) is 0 Å². The van der Waals surface area contributed by atoms with Crippen LogP contribution in [0.4, 0.5) is 0 Å². The summed E-state index contributed by atoms with van der Waals surface area (Å²) >= 11 is 0. The van der Waals surface area contributed by atoms with Crippen molar-refractivity contribution < 1.29 is 0 Å². The second-order valence-electron chi connectivity index (χ2n) is 1.47. The monoisotopic (exact) mass is 122 g/mol. The molecule has 0 aliphatic heterocycles. The van der Waals surface area contributed by atoms with Gasteiger partial charge in [0.15, 0.2) is 0 Å². The molecular weight excluding hydrogens is 112 g/mol. The Hall–Kier alpha value is -1.10. The lowest BCUT2D eigenvalue weighted by Crippen LogP contribution is -1.87. The van der Waals surface area contributed by atoms with Crippen LogP contribution in [0.25, 0.3) is 0 Å². The van der Waals surface area contributed by atoms with E-state index in [9.17, 15) is 0 Å². The molecule has 0 saturated heterocycles. The van der Waals surface area contributed by atoms with E-state index in [0.717, 1.165) is 0 Å².